The van der Waals surface area contributed by atoms with Crippen molar-refractivity contribution in [2.24, 2.45) is 0 Å². The number of carbonyl (C=O) groups is 1. The molecule has 0 spiro atoms. The molecule has 1 aromatic heterocycles. The third kappa shape index (κ3) is 7.03. The lowest BCUT2D eigenvalue weighted by Gasteiger charge is -2.11. The van der Waals surface area contributed by atoms with Gasteiger partial charge < -0.3 is 23.5 Å². The molecule has 0 radical (unpaired) electrons. The van der Waals surface area contributed by atoms with Gasteiger partial charge in [0.2, 0.25) is 0 Å². The Labute approximate surface area is 234 Å². The van der Waals surface area contributed by atoms with E-state index >= 15 is 0 Å². The summed E-state index contributed by atoms with van der Waals surface area (Å²) in [5, 5.41) is 0.987. The monoisotopic (exact) mass is 535 g/mol. The van der Waals surface area contributed by atoms with E-state index in [1.54, 1.807) is 0 Å². The molecule has 204 valence electrons. The van der Waals surface area contributed by atoms with Gasteiger partial charge in [0.15, 0.2) is 0 Å². The molecule has 6 heteroatoms. The first-order chi connectivity index (χ1) is 19.6. The number of aromatic nitrogens is 1. The zero-order chi connectivity index (χ0) is 27.7. The highest BCUT2D eigenvalue weighted by molar-refractivity contribution is 5.89. The van der Waals surface area contributed by atoms with Crippen molar-refractivity contribution in [3.8, 4) is 23.0 Å². The first-order valence-electron chi connectivity index (χ1n) is 13.4. The van der Waals surface area contributed by atoms with Crippen LogP contribution in [0.1, 0.15) is 23.1 Å². The summed E-state index contributed by atoms with van der Waals surface area (Å²) in [6.45, 7) is 3.78. The zero-order valence-corrected chi connectivity index (χ0v) is 22.8. The van der Waals surface area contributed by atoms with Crippen LogP contribution in [0, 0.1) is 6.92 Å². The smallest absolute Gasteiger partial charge is 0.310 e. The number of hydrogen-bond acceptors (Lipinski definition) is 5. The second-order valence-electron chi connectivity index (χ2n) is 9.64. The normalized spacial score (nSPS) is 10.8. The van der Waals surface area contributed by atoms with E-state index in [-0.39, 0.29) is 12.4 Å². The van der Waals surface area contributed by atoms with Crippen molar-refractivity contribution in [2.45, 2.75) is 26.3 Å². The second-order valence-corrected chi connectivity index (χ2v) is 9.64. The van der Waals surface area contributed by atoms with Crippen LogP contribution < -0.4 is 14.2 Å². The Balaban J connectivity index is 1.18. The quantitative estimate of drug-likeness (QED) is 0.123. The topological polar surface area (TPSA) is 58.9 Å². The second kappa shape index (κ2) is 12.9. The number of aryl methyl sites for hydroxylation is 1. The molecule has 0 aliphatic rings. The minimum Gasteiger partial charge on any atom is -0.493 e. The number of hydrogen-bond donors (Lipinski definition) is 0. The lowest BCUT2D eigenvalue weighted by molar-refractivity contribution is -0.139. The van der Waals surface area contributed by atoms with Gasteiger partial charge in [0.25, 0.3) is 0 Å². The van der Waals surface area contributed by atoms with E-state index in [2.05, 4.69) is 16.7 Å². The van der Waals surface area contributed by atoms with Crippen molar-refractivity contribution in [1.29, 1.82) is 0 Å². The van der Waals surface area contributed by atoms with Gasteiger partial charge in [-0.05, 0) is 60.5 Å². The molecular weight excluding hydrogens is 502 g/mol. The molecule has 0 N–H and O–H groups in total. The largest absolute Gasteiger partial charge is 0.493 e. The Kier molecular flexibility index (Phi) is 8.66. The molecule has 1 heterocycles. The summed E-state index contributed by atoms with van der Waals surface area (Å²) in [5.74, 6) is 2.75. The number of fused-ring (bicyclic) bond motifs is 1. The average Bonchev–Trinajstić information content (AvgIpc) is 3.30. The van der Waals surface area contributed by atoms with Crippen molar-refractivity contribution in [3.05, 3.63) is 120 Å². The fraction of sp³-hybridized carbons (Fsp3) is 0.206. The number of carbonyl (C=O) groups excluding carboxylic acids is 1. The number of methoxy groups -OCH3 is 1. The van der Waals surface area contributed by atoms with Gasteiger partial charge in [0, 0.05) is 36.1 Å². The van der Waals surface area contributed by atoms with Crippen LogP contribution in [-0.2, 0) is 22.5 Å². The van der Waals surface area contributed by atoms with E-state index < -0.39 is 0 Å². The molecule has 0 bridgehead atoms. The van der Waals surface area contributed by atoms with E-state index in [1.165, 1.54) is 18.2 Å². The third-order valence-corrected chi connectivity index (χ3v) is 6.58. The van der Waals surface area contributed by atoms with Gasteiger partial charge >= 0.3 is 5.97 Å². The molecule has 40 heavy (non-hydrogen) atoms. The Morgan fingerprint density at radius 2 is 1.45 bits per heavy atom. The van der Waals surface area contributed by atoms with E-state index in [4.69, 9.17) is 18.9 Å². The van der Waals surface area contributed by atoms with Crippen LogP contribution in [0.25, 0.3) is 10.9 Å². The molecule has 0 saturated heterocycles. The lowest BCUT2D eigenvalue weighted by atomic mass is 10.1. The van der Waals surface area contributed by atoms with Crippen molar-refractivity contribution in [2.75, 3.05) is 20.3 Å². The number of benzene rings is 4. The van der Waals surface area contributed by atoms with Crippen molar-refractivity contribution >= 4 is 16.9 Å². The minimum atomic E-state index is -0.268. The van der Waals surface area contributed by atoms with Gasteiger partial charge in [-0.1, -0.05) is 54.1 Å². The molecule has 4 aromatic carbocycles. The molecule has 0 saturated carbocycles. The molecule has 0 atom stereocenters. The third-order valence-electron chi connectivity index (χ3n) is 6.58. The van der Waals surface area contributed by atoms with Crippen LogP contribution in [-0.4, -0.2) is 30.9 Å². The number of esters is 1. The van der Waals surface area contributed by atoms with Crippen LogP contribution >= 0.6 is 0 Å². The summed E-state index contributed by atoms with van der Waals surface area (Å²) in [6, 6.07) is 31.9. The van der Waals surface area contributed by atoms with Crippen molar-refractivity contribution in [3.63, 3.8) is 0 Å². The molecule has 5 aromatic rings. The summed E-state index contributed by atoms with van der Waals surface area (Å²) < 4.78 is 25.0. The number of nitrogens with zero attached hydrogens (tertiary/aromatic N) is 1. The fourth-order valence-corrected chi connectivity index (χ4v) is 4.53. The molecule has 5 rings (SSSR count). The van der Waals surface area contributed by atoms with Crippen LogP contribution in [0.5, 0.6) is 23.0 Å². The first kappa shape index (κ1) is 26.9. The molecule has 0 aliphatic carbocycles. The first-order valence-corrected chi connectivity index (χ1v) is 13.4. The van der Waals surface area contributed by atoms with Gasteiger partial charge in [0.1, 0.15) is 23.0 Å². The molecular formula is C34H33NO5. The van der Waals surface area contributed by atoms with E-state index in [1.807, 2.05) is 98.0 Å². The summed E-state index contributed by atoms with van der Waals surface area (Å²) in [4.78, 5) is 12.1. The zero-order valence-electron chi connectivity index (χ0n) is 22.8. The van der Waals surface area contributed by atoms with Crippen LogP contribution in [0.15, 0.2) is 103 Å². The number of rotatable bonds is 12. The Bertz CT molecular complexity index is 1560. The maximum absolute atomic E-state index is 12.1. The standard InChI is InChI=1S/C34H33NO5/c1-25-12-14-28(15-13-25)40-31-11-6-10-29(21-31)38-18-7-19-39-30-16-17-33-32(22-30)27(20-34(36)37-2)24-35(33)23-26-8-4-3-5-9-26/h3-6,8-17,21-22,24H,7,18-20,23H2,1-2H3. The maximum Gasteiger partial charge on any atom is 0.310 e. The van der Waals surface area contributed by atoms with Gasteiger partial charge in [-0.2, -0.15) is 0 Å². The van der Waals surface area contributed by atoms with Crippen molar-refractivity contribution < 1.29 is 23.7 Å². The van der Waals surface area contributed by atoms with E-state index in [9.17, 15) is 4.79 Å². The van der Waals surface area contributed by atoms with Gasteiger partial charge in [-0.15, -0.1) is 0 Å². The number of ether oxygens (including phenoxy) is 4. The predicted octanol–water partition coefficient (Wildman–Crippen LogP) is 7.35. The van der Waals surface area contributed by atoms with Gasteiger partial charge in [0.05, 0.1) is 26.7 Å². The highest BCUT2D eigenvalue weighted by Crippen LogP contribution is 2.28. The maximum atomic E-state index is 12.1. The average molecular weight is 536 g/mol. The molecule has 0 aliphatic heterocycles. The Morgan fingerprint density at radius 1 is 0.750 bits per heavy atom. The molecule has 0 amide bonds. The highest BCUT2D eigenvalue weighted by atomic mass is 16.5. The van der Waals surface area contributed by atoms with Gasteiger partial charge in [-0.3, -0.25) is 4.79 Å². The molecule has 0 unspecified atom stereocenters. The summed E-state index contributed by atoms with van der Waals surface area (Å²) in [7, 11) is 1.41. The molecule has 6 nitrogen and oxygen atoms in total. The highest BCUT2D eigenvalue weighted by Gasteiger charge is 2.14. The van der Waals surface area contributed by atoms with Gasteiger partial charge in [-0.25, -0.2) is 0 Å². The SMILES string of the molecule is COC(=O)Cc1cn(Cc2ccccc2)c2ccc(OCCCOc3cccc(Oc4ccc(C)cc4)c3)cc12. The van der Waals surface area contributed by atoms with Crippen molar-refractivity contribution in [1.82, 2.24) is 4.57 Å². The Morgan fingerprint density at radius 3 is 2.20 bits per heavy atom. The fourth-order valence-electron chi connectivity index (χ4n) is 4.53. The predicted molar refractivity (Wildman–Crippen MR) is 157 cm³/mol. The lowest BCUT2D eigenvalue weighted by Crippen LogP contribution is -2.05. The minimum absolute atomic E-state index is 0.207. The van der Waals surface area contributed by atoms with E-state index in [0.29, 0.717) is 26.2 Å². The molecule has 0 fully saturated rings. The van der Waals surface area contributed by atoms with E-state index in [0.717, 1.165) is 39.5 Å². The van der Waals surface area contributed by atoms with Crippen LogP contribution in [0.3, 0.4) is 0 Å². The Hall–Kier alpha value is -4.71. The summed E-state index contributed by atoms with van der Waals surface area (Å²) in [6.07, 6.45) is 2.95. The van der Waals surface area contributed by atoms with Crippen LogP contribution in [0.4, 0.5) is 0 Å². The summed E-state index contributed by atoms with van der Waals surface area (Å²) in [5.41, 5.74) is 4.34. The summed E-state index contributed by atoms with van der Waals surface area (Å²) >= 11 is 0. The van der Waals surface area contributed by atoms with Crippen LogP contribution in [0.2, 0.25) is 0 Å².